The summed E-state index contributed by atoms with van der Waals surface area (Å²) in [5.41, 5.74) is 0. The van der Waals surface area contributed by atoms with Gasteiger partial charge in [0, 0.05) is 45.1 Å². The number of nitrogens with zero attached hydrogens (tertiary/aromatic N) is 3. The Morgan fingerprint density at radius 1 is 1.19 bits per heavy atom. The number of hydrogen-bond acceptors (Lipinski definition) is 6. The number of rotatable bonds is 7. The molecule has 0 aromatic rings. The molecule has 0 bridgehead atoms. The van der Waals surface area contributed by atoms with Crippen molar-refractivity contribution in [3.63, 3.8) is 0 Å². The van der Waals surface area contributed by atoms with Gasteiger partial charge in [0.25, 0.3) is 0 Å². The van der Waals surface area contributed by atoms with Crippen molar-refractivity contribution in [2.45, 2.75) is 70.1 Å². The maximum Gasteiger partial charge on any atom is 0.324 e. The van der Waals surface area contributed by atoms with E-state index in [1.165, 1.54) is 17.7 Å². The minimum atomic E-state index is -0.443. The zero-order chi connectivity index (χ0) is 22.6. The summed E-state index contributed by atoms with van der Waals surface area (Å²) in [6, 6.07) is 0.242. The molecule has 0 radical (unpaired) electrons. The van der Waals surface area contributed by atoms with Gasteiger partial charge in [0.15, 0.2) is 5.79 Å². The number of hydrogen-bond donors (Lipinski definition) is 1. The molecular weight excluding hydrogens is 408 g/mol. The fraction of sp³-hybridized carbons (Fsp3) is 0.917. The van der Waals surface area contributed by atoms with E-state index in [1.54, 1.807) is 0 Å². The van der Waals surface area contributed by atoms with Crippen molar-refractivity contribution in [3.8, 4) is 0 Å². The van der Waals surface area contributed by atoms with Crippen LogP contribution in [0.3, 0.4) is 0 Å². The lowest BCUT2D eigenvalue weighted by Crippen LogP contribution is -2.57. The normalized spacial score (nSPS) is 30.4. The molecule has 1 aliphatic carbocycles. The summed E-state index contributed by atoms with van der Waals surface area (Å²) in [5.74, 6) is -0.253. The van der Waals surface area contributed by atoms with Crippen molar-refractivity contribution in [2.75, 3.05) is 59.5 Å². The molecule has 8 nitrogen and oxygen atoms in total. The van der Waals surface area contributed by atoms with Gasteiger partial charge >= 0.3 is 6.03 Å². The van der Waals surface area contributed by atoms with Crippen molar-refractivity contribution in [2.24, 2.45) is 11.8 Å². The Bertz CT molecular complexity index is 648. The summed E-state index contributed by atoms with van der Waals surface area (Å²) in [4.78, 5) is 32.8. The summed E-state index contributed by atoms with van der Waals surface area (Å²) in [5, 5.41) is 3.02. The van der Waals surface area contributed by atoms with Crippen LogP contribution in [0.5, 0.6) is 0 Å². The smallest absolute Gasteiger partial charge is 0.324 e. The van der Waals surface area contributed by atoms with Crippen molar-refractivity contribution in [3.05, 3.63) is 0 Å². The van der Waals surface area contributed by atoms with E-state index < -0.39 is 5.79 Å². The summed E-state index contributed by atoms with van der Waals surface area (Å²) >= 11 is 0. The Hall–Kier alpha value is -1.22. The van der Waals surface area contributed by atoms with Crippen LogP contribution in [0, 0.1) is 11.8 Å². The molecule has 3 amide bonds. The number of urea groups is 1. The molecule has 4 aliphatic rings. The molecule has 1 saturated carbocycles. The highest BCUT2D eigenvalue weighted by Gasteiger charge is 2.49. The summed E-state index contributed by atoms with van der Waals surface area (Å²) < 4.78 is 12.0. The molecule has 0 aromatic heterocycles. The van der Waals surface area contributed by atoms with Crippen molar-refractivity contribution < 1.29 is 19.1 Å². The van der Waals surface area contributed by atoms with Crippen molar-refractivity contribution in [1.82, 2.24) is 20.0 Å². The van der Waals surface area contributed by atoms with Gasteiger partial charge in [-0.15, -0.1) is 0 Å². The van der Waals surface area contributed by atoms with Crippen LogP contribution < -0.4 is 5.32 Å². The first-order valence-corrected chi connectivity index (χ1v) is 12.8. The summed E-state index contributed by atoms with van der Waals surface area (Å²) in [6.45, 7) is 8.32. The van der Waals surface area contributed by atoms with Crippen molar-refractivity contribution in [1.29, 1.82) is 0 Å². The number of likely N-dealkylation sites (tertiary alicyclic amines) is 2. The Labute approximate surface area is 192 Å². The molecule has 0 aromatic carbocycles. The van der Waals surface area contributed by atoms with Crippen LogP contribution in [0.2, 0.25) is 0 Å². The standard InChI is InChI=1S/C24H42N4O4/c1-3-4-12-28(23(30)25-9-13-27-10-5-6-11-27)22(29)20-16-19-17-24(31-14-15-32-24)8-7-21(19)26(2)18-20/h19-21H,3-18H2,1-2H3,(H,25,30)/t19-,20-,21-/m1/s1. The average molecular weight is 451 g/mol. The van der Waals surface area contributed by atoms with Crippen LogP contribution in [0.4, 0.5) is 4.79 Å². The molecule has 3 atom stereocenters. The van der Waals surface area contributed by atoms with E-state index in [0.717, 1.165) is 64.7 Å². The van der Waals surface area contributed by atoms with E-state index in [1.807, 2.05) is 0 Å². The Morgan fingerprint density at radius 2 is 1.94 bits per heavy atom. The average Bonchev–Trinajstić information content (AvgIpc) is 3.46. The lowest BCUT2D eigenvalue weighted by molar-refractivity contribution is -0.202. The Balaban J connectivity index is 1.36. The topological polar surface area (TPSA) is 74.4 Å². The predicted molar refractivity (Wildman–Crippen MR) is 122 cm³/mol. The van der Waals surface area contributed by atoms with Gasteiger partial charge in [0.1, 0.15) is 0 Å². The third-order valence-electron chi connectivity index (χ3n) is 7.91. The van der Waals surface area contributed by atoms with E-state index >= 15 is 0 Å². The number of fused-ring (bicyclic) bond motifs is 1. The van der Waals surface area contributed by atoms with Gasteiger partial charge in [-0.2, -0.15) is 0 Å². The number of carbonyl (C=O) groups excluding carboxylic acids is 2. The Morgan fingerprint density at radius 3 is 2.66 bits per heavy atom. The van der Waals surface area contributed by atoms with Crippen LogP contribution in [0.25, 0.3) is 0 Å². The van der Waals surface area contributed by atoms with Crippen LogP contribution in [0.15, 0.2) is 0 Å². The summed E-state index contributed by atoms with van der Waals surface area (Å²) in [6.07, 6.45) is 7.90. The van der Waals surface area contributed by atoms with E-state index in [2.05, 4.69) is 29.1 Å². The molecular formula is C24H42N4O4. The third kappa shape index (κ3) is 5.46. The second-order valence-corrected chi connectivity index (χ2v) is 10.2. The summed E-state index contributed by atoms with van der Waals surface area (Å²) in [7, 11) is 2.12. The maximum atomic E-state index is 13.6. The molecule has 8 heteroatoms. The number of imide groups is 1. The molecule has 0 unspecified atom stereocenters. The second-order valence-electron chi connectivity index (χ2n) is 10.2. The van der Waals surface area contributed by atoms with E-state index in [0.29, 0.717) is 38.3 Å². The van der Waals surface area contributed by atoms with Gasteiger partial charge in [-0.25, -0.2) is 4.79 Å². The van der Waals surface area contributed by atoms with E-state index in [9.17, 15) is 9.59 Å². The molecule has 4 fully saturated rings. The largest absolute Gasteiger partial charge is 0.348 e. The third-order valence-corrected chi connectivity index (χ3v) is 7.91. The number of nitrogens with one attached hydrogen (secondary N) is 1. The molecule has 182 valence electrons. The molecule has 3 heterocycles. The first-order chi connectivity index (χ1) is 15.5. The zero-order valence-electron chi connectivity index (χ0n) is 20.0. The molecule has 1 spiro atoms. The fourth-order valence-corrected chi connectivity index (χ4v) is 6.19. The number of carbonyl (C=O) groups is 2. The first kappa shape index (κ1) is 23.9. The lowest BCUT2D eigenvalue weighted by Gasteiger charge is -2.49. The van der Waals surface area contributed by atoms with Gasteiger partial charge in [0.2, 0.25) is 5.91 Å². The number of piperidine rings is 1. The minimum absolute atomic E-state index is 0.0182. The number of unbranched alkanes of at least 4 members (excludes halogenated alkanes) is 1. The molecule has 3 saturated heterocycles. The van der Waals surface area contributed by atoms with Gasteiger partial charge in [0.05, 0.1) is 19.1 Å². The minimum Gasteiger partial charge on any atom is -0.348 e. The van der Waals surface area contributed by atoms with Crippen molar-refractivity contribution >= 4 is 11.9 Å². The quantitative estimate of drug-likeness (QED) is 0.642. The van der Waals surface area contributed by atoms with Crippen LogP contribution >= 0.6 is 0 Å². The number of ether oxygens (including phenoxy) is 2. The van der Waals surface area contributed by atoms with Gasteiger partial charge in [-0.3, -0.25) is 9.69 Å². The zero-order valence-corrected chi connectivity index (χ0v) is 20.0. The first-order valence-electron chi connectivity index (χ1n) is 12.8. The van der Waals surface area contributed by atoms with Gasteiger partial charge in [-0.1, -0.05) is 13.3 Å². The highest BCUT2D eigenvalue weighted by Crippen LogP contribution is 2.45. The van der Waals surface area contributed by atoms with Crippen LogP contribution in [-0.2, 0) is 14.3 Å². The highest BCUT2D eigenvalue weighted by atomic mass is 16.7. The SMILES string of the molecule is CCCCN(C(=O)NCCN1CCCC1)C(=O)[C@@H]1C[C@@H]2CC3(CC[C@H]2N(C)C1)OCCO3. The molecule has 1 N–H and O–H groups in total. The molecule has 3 aliphatic heterocycles. The molecule has 4 rings (SSSR count). The van der Waals surface area contributed by atoms with Crippen LogP contribution in [-0.4, -0.2) is 98.0 Å². The predicted octanol–water partition coefficient (Wildman–Crippen LogP) is 2.28. The van der Waals surface area contributed by atoms with Gasteiger partial charge in [-0.05, 0) is 58.2 Å². The monoisotopic (exact) mass is 450 g/mol. The van der Waals surface area contributed by atoms with E-state index in [4.69, 9.17) is 9.47 Å². The number of amides is 3. The highest BCUT2D eigenvalue weighted by molar-refractivity contribution is 5.95. The Kier molecular flexibility index (Phi) is 8.08. The van der Waals surface area contributed by atoms with E-state index in [-0.39, 0.29) is 17.9 Å². The lowest BCUT2D eigenvalue weighted by atomic mass is 9.72. The molecule has 32 heavy (non-hydrogen) atoms. The van der Waals surface area contributed by atoms with Gasteiger partial charge < -0.3 is 24.6 Å². The van der Waals surface area contributed by atoms with Crippen LogP contribution in [0.1, 0.15) is 58.3 Å². The fourth-order valence-electron chi connectivity index (χ4n) is 6.19. The maximum absolute atomic E-state index is 13.6. The second kappa shape index (κ2) is 10.8.